The molecule has 0 bridgehead atoms. The van der Waals surface area contributed by atoms with Crippen LogP contribution in [0.2, 0.25) is 0 Å². The van der Waals surface area contributed by atoms with Gasteiger partial charge in [-0.2, -0.15) is 0 Å². The third kappa shape index (κ3) is 5.32. The van der Waals surface area contributed by atoms with E-state index in [0.29, 0.717) is 6.04 Å². The van der Waals surface area contributed by atoms with Gasteiger partial charge in [0.25, 0.3) is 0 Å². The van der Waals surface area contributed by atoms with Crippen molar-refractivity contribution in [1.82, 2.24) is 10.2 Å². The Kier molecular flexibility index (Phi) is 6.53. The van der Waals surface area contributed by atoms with Crippen molar-refractivity contribution in [2.24, 2.45) is 11.8 Å². The molecule has 1 N–H and O–H groups in total. The van der Waals surface area contributed by atoms with Crippen molar-refractivity contribution in [2.75, 3.05) is 19.6 Å². The molecule has 2 fully saturated rings. The third-order valence-corrected chi connectivity index (χ3v) is 5.87. The second-order valence-electron chi connectivity index (χ2n) is 7.80. The van der Waals surface area contributed by atoms with Gasteiger partial charge in [-0.1, -0.05) is 62.9 Å². The highest BCUT2D eigenvalue weighted by atomic mass is 15.2. The van der Waals surface area contributed by atoms with Crippen molar-refractivity contribution in [3.05, 3.63) is 35.9 Å². The standard InChI is InChI=1S/C21H34N2/c1-2-18-13-21(22-14-19-9-5-3-6-10-19)17-23(15-18)16-20-11-7-4-8-12-20/h3,5-6,9-10,18,20-22H,2,4,7-8,11-17H2,1H3. The number of nitrogens with zero attached hydrogens (tertiary/aromatic N) is 1. The van der Waals surface area contributed by atoms with Gasteiger partial charge in [-0.25, -0.2) is 0 Å². The minimum Gasteiger partial charge on any atom is -0.309 e. The largest absolute Gasteiger partial charge is 0.309 e. The lowest BCUT2D eigenvalue weighted by atomic mass is 9.86. The Morgan fingerprint density at radius 3 is 2.52 bits per heavy atom. The van der Waals surface area contributed by atoms with Gasteiger partial charge >= 0.3 is 0 Å². The lowest BCUT2D eigenvalue weighted by Gasteiger charge is -2.40. The molecule has 2 heteroatoms. The van der Waals surface area contributed by atoms with Crippen molar-refractivity contribution >= 4 is 0 Å². The van der Waals surface area contributed by atoms with Crippen LogP contribution < -0.4 is 5.32 Å². The highest BCUT2D eigenvalue weighted by Crippen LogP contribution is 2.27. The molecule has 0 spiro atoms. The molecular formula is C21H34N2. The molecule has 1 aliphatic heterocycles. The van der Waals surface area contributed by atoms with Gasteiger partial charge in [0.1, 0.15) is 0 Å². The second-order valence-corrected chi connectivity index (χ2v) is 7.80. The molecule has 3 rings (SSSR count). The fraction of sp³-hybridized carbons (Fsp3) is 0.714. The summed E-state index contributed by atoms with van der Waals surface area (Å²) in [6, 6.07) is 11.5. The molecule has 0 amide bonds. The summed E-state index contributed by atoms with van der Waals surface area (Å²) < 4.78 is 0. The average Bonchev–Trinajstić information content (AvgIpc) is 2.61. The van der Waals surface area contributed by atoms with Crippen molar-refractivity contribution in [2.45, 2.75) is 64.5 Å². The summed E-state index contributed by atoms with van der Waals surface area (Å²) in [7, 11) is 0. The van der Waals surface area contributed by atoms with E-state index in [-0.39, 0.29) is 0 Å². The van der Waals surface area contributed by atoms with Gasteiger partial charge in [0.05, 0.1) is 0 Å². The van der Waals surface area contributed by atoms with Crippen LogP contribution in [0.15, 0.2) is 30.3 Å². The minimum atomic E-state index is 0.664. The number of piperidine rings is 1. The van der Waals surface area contributed by atoms with Gasteiger partial charge in [0, 0.05) is 32.2 Å². The number of rotatable bonds is 6. The normalized spacial score (nSPS) is 27.2. The van der Waals surface area contributed by atoms with Crippen molar-refractivity contribution in [3.8, 4) is 0 Å². The van der Waals surface area contributed by atoms with Crippen LogP contribution in [0.5, 0.6) is 0 Å². The van der Waals surface area contributed by atoms with Crippen LogP contribution in [-0.4, -0.2) is 30.6 Å². The molecule has 1 aromatic rings. The monoisotopic (exact) mass is 314 g/mol. The Bertz CT molecular complexity index is 438. The highest BCUT2D eigenvalue weighted by molar-refractivity contribution is 5.14. The number of likely N-dealkylation sites (tertiary alicyclic amines) is 1. The molecule has 0 aromatic heterocycles. The van der Waals surface area contributed by atoms with E-state index >= 15 is 0 Å². The van der Waals surface area contributed by atoms with Crippen LogP contribution in [0.25, 0.3) is 0 Å². The molecule has 1 heterocycles. The number of benzene rings is 1. The molecule has 1 saturated heterocycles. The molecule has 2 nitrogen and oxygen atoms in total. The number of nitrogens with one attached hydrogen (secondary N) is 1. The Morgan fingerprint density at radius 1 is 1.00 bits per heavy atom. The maximum atomic E-state index is 3.83. The van der Waals surface area contributed by atoms with E-state index in [1.165, 1.54) is 70.1 Å². The predicted molar refractivity (Wildman–Crippen MR) is 98.5 cm³/mol. The molecular weight excluding hydrogens is 280 g/mol. The van der Waals surface area contributed by atoms with Crippen LogP contribution in [0, 0.1) is 11.8 Å². The molecule has 1 aromatic carbocycles. The molecule has 0 radical (unpaired) electrons. The Balaban J connectivity index is 1.50. The van der Waals surface area contributed by atoms with Crippen molar-refractivity contribution in [1.29, 1.82) is 0 Å². The maximum Gasteiger partial charge on any atom is 0.0208 e. The zero-order valence-corrected chi connectivity index (χ0v) is 14.8. The maximum absolute atomic E-state index is 3.83. The summed E-state index contributed by atoms with van der Waals surface area (Å²) >= 11 is 0. The lowest BCUT2D eigenvalue weighted by Crippen LogP contribution is -2.50. The zero-order valence-electron chi connectivity index (χ0n) is 14.8. The first-order chi connectivity index (χ1) is 11.3. The van der Waals surface area contributed by atoms with E-state index in [2.05, 4.69) is 47.5 Å². The van der Waals surface area contributed by atoms with Crippen LogP contribution in [0.4, 0.5) is 0 Å². The molecule has 2 atom stereocenters. The van der Waals surface area contributed by atoms with Crippen LogP contribution >= 0.6 is 0 Å². The SMILES string of the molecule is CCC1CC(NCc2ccccc2)CN(CC2CCCCC2)C1. The van der Waals surface area contributed by atoms with E-state index in [4.69, 9.17) is 0 Å². The molecule has 128 valence electrons. The van der Waals surface area contributed by atoms with Crippen LogP contribution in [0.1, 0.15) is 57.4 Å². The van der Waals surface area contributed by atoms with Gasteiger partial charge in [-0.05, 0) is 36.7 Å². The van der Waals surface area contributed by atoms with E-state index in [1.54, 1.807) is 0 Å². The van der Waals surface area contributed by atoms with E-state index < -0.39 is 0 Å². The summed E-state index contributed by atoms with van der Waals surface area (Å²) in [6.45, 7) is 7.30. The summed E-state index contributed by atoms with van der Waals surface area (Å²) in [4.78, 5) is 2.77. The molecule has 1 aliphatic carbocycles. The minimum absolute atomic E-state index is 0.664. The van der Waals surface area contributed by atoms with Gasteiger partial charge in [-0.15, -0.1) is 0 Å². The fourth-order valence-electron chi connectivity index (χ4n) is 4.49. The van der Waals surface area contributed by atoms with E-state index in [1.807, 2.05) is 0 Å². The predicted octanol–water partition coefficient (Wildman–Crippen LogP) is 4.46. The van der Waals surface area contributed by atoms with Gasteiger partial charge in [0.15, 0.2) is 0 Å². The van der Waals surface area contributed by atoms with Crippen molar-refractivity contribution < 1.29 is 0 Å². The van der Waals surface area contributed by atoms with Crippen molar-refractivity contribution in [3.63, 3.8) is 0 Å². The fourth-order valence-corrected chi connectivity index (χ4v) is 4.49. The van der Waals surface area contributed by atoms with E-state index in [0.717, 1.165) is 18.4 Å². The molecule has 2 aliphatic rings. The summed E-state index contributed by atoms with van der Waals surface area (Å²) in [5, 5.41) is 3.83. The van der Waals surface area contributed by atoms with Gasteiger partial charge in [-0.3, -0.25) is 0 Å². The highest BCUT2D eigenvalue weighted by Gasteiger charge is 2.27. The van der Waals surface area contributed by atoms with Crippen LogP contribution in [0.3, 0.4) is 0 Å². The molecule has 23 heavy (non-hydrogen) atoms. The summed E-state index contributed by atoms with van der Waals surface area (Å²) in [5.74, 6) is 1.84. The van der Waals surface area contributed by atoms with E-state index in [9.17, 15) is 0 Å². The number of hydrogen-bond donors (Lipinski definition) is 1. The number of hydrogen-bond acceptors (Lipinski definition) is 2. The first-order valence-electron chi connectivity index (χ1n) is 9.83. The van der Waals surface area contributed by atoms with Gasteiger partial charge < -0.3 is 10.2 Å². The molecule has 2 unspecified atom stereocenters. The quantitative estimate of drug-likeness (QED) is 0.834. The topological polar surface area (TPSA) is 15.3 Å². The third-order valence-electron chi connectivity index (χ3n) is 5.87. The lowest BCUT2D eigenvalue weighted by molar-refractivity contribution is 0.110. The summed E-state index contributed by atoms with van der Waals surface area (Å²) in [6.07, 6.45) is 10.0. The zero-order chi connectivity index (χ0) is 15.9. The Hall–Kier alpha value is -0.860. The Labute approximate surface area is 142 Å². The second kappa shape index (κ2) is 8.84. The summed E-state index contributed by atoms with van der Waals surface area (Å²) in [5.41, 5.74) is 1.41. The van der Waals surface area contributed by atoms with Crippen LogP contribution in [-0.2, 0) is 6.54 Å². The van der Waals surface area contributed by atoms with Gasteiger partial charge in [0.2, 0.25) is 0 Å². The Morgan fingerprint density at radius 2 is 1.78 bits per heavy atom. The first-order valence-corrected chi connectivity index (χ1v) is 9.83. The smallest absolute Gasteiger partial charge is 0.0208 e. The first kappa shape index (κ1) is 17.0. The molecule has 1 saturated carbocycles. The average molecular weight is 315 g/mol.